The van der Waals surface area contributed by atoms with Gasteiger partial charge in [0.25, 0.3) is 0 Å². The van der Waals surface area contributed by atoms with Crippen LogP contribution in [0.1, 0.15) is 52.5 Å². The van der Waals surface area contributed by atoms with E-state index < -0.39 is 0 Å². The molecule has 1 nitrogen and oxygen atoms in total. The van der Waals surface area contributed by atoms with E-state index in [1.807, 2.05) is 12.1 Å². The van der Waals surface area contributed by atoms with Crippen molar-refractivity contribution in [2.45, 2.75) is 47.0 Å². The maximum Gasteiger partial charge on any atom is 0.117 e. The minimum Gasteiger partial charge on any atom is -0.508 e. The number of rotatable bonds is 3. The Balaban J connectivity index is 2.13. The van der Waals surface area contributed by atoms with E-state index in [4.69, 9.17) is 0 Å². The topological polar surface area (TPSA) is 20.2 Å². The molecule has 0 fully saturated rings. The van der Waals surface area contributed by atoms with Crippen molar-refractivity contribution in [3.05, 3.63) is 42.0 Å². The van der Waals surface area contributed by atoms with Crippen LogP contribution in [0.3, 0.4) is 0 Å². The van der Waals surface area contributed by atoms with Gasteiger partial charge in [0.15, 0.2) is 0 Å². The molecule has 0 bridgehead atoms. The minimum absolute atomic E-state index is 0.257. The maximum atomic E-state index is 9.71. The third kappa shape index (κ3) is 3.23. The number of aromatic hydroxyl groups is 1. The van der Waals surface area contributed by atoms with Crippen LogP contribution in [-0.2, 0) is 0 Å². The van der Waals surface area contributed by atoms with E-state index in [-0.39, 0.29) is 5.41 Å². The number of thiophene rings is 1. The van der Waals surface area contributed by atoms with Crippen LogP contribution in [0, 0.1) is 11.3 Å². The first kappa shape index (κ1) is 16.3. The van der Waals surface area contributed by atoms with Crippen LogP contribution in [0.4, 0.5) is 0 Å². The molecule has 3 aromatic rings. The molecule has 0 aliphatic carbocycles. The van der Waals surface area contributed by atoms with Crippen LogP contribution < -0.4 is 0 Å². The van der Waals surface area contributed by atoms with Crippen molar-refractivity contribution < 1.29 is 5.11 Å². The summed E-state index contributed by atoms with van der Waals surface area (Å²) in [6.45, 7) is 11.6. The Morgan fingerprint density at radius 3 is 2.17 bits per heavy atom. The van der Waals surface area contributed by atoms with Gasteiger partial charge in [0.2, 0.25) is 0 Å². The van der Waals surface area contributed by atoms with Crippen LogP contribution in [-0.4, -0.2) is 5.11 Å². The molecule has 1 unspecified atom stereocenters. The normalized spacial score (nSPS) is 14.0. The average molecular weight is 327 g/mol. The molecule has 1 heterocycles. The van der Waals surface area contributed by atoms with Gasteiger partial charge in [-0.25, -0.2) is 0 Å². The molecule has 1 N–H and O–H groups in total. The van der Waals surface area contributed by atoms with Crippen molar-refractivity contribution in [2.75, 3.05) is 0 Å². The molecule has 0 saturated carbocycles. The molecule has 0 aliphatic heterocycles. The Bertz CT molecular complexity index is 836. The first-order chi connectivity index (χ1) is 10.8. The van der Waals surface area contributed by atoms with Crippen molar-refractivity contribution in [2.24, 2.45) is 11.3 Å². The Morgan fingerprint density at radius 1 is 0.957 bits per heavy atom. The molecule has 122 valence electrons. The molecule has 1 aromatic heterocycles. The summed E-state index contributed by atoms with van der Waals surface area (Å²) in [6, 6.07) is 12.6. The SMILES string of the molecule is CC(C)CC(c1ccc2c(c1)sc1cc(O)ccc12)C(C)(C)C. The third-order valence-corrected chi connectivity index (χ3v) is 5.75. The third-order valence-electron chi connectivity index (χ3n) is 4.64. The molecule has 1 atom stereocenters. The van der Waals surface area contributed by atoms with Gasteiger partial charge in [0.05, 0.1) is 0 Å². The van der Waals surface area contributed by atoms with Gasteiger partial charge in [0, 0.05) is 20.2 Å². The molecule has 0 aliphatic rings. The van der Waals surface area contributed by atoms with Gasteiger partial charge >= 0.3 is 0 Å². The Morgan fingerprint density at radius 2 is 1.57 bits per heavy atom. The molecular weight excluding hydrogens is 300 g/mol. The smallest absolute Gasteiger partial charge is 0.117 e. The van der Waals surface area contributed by atoms with Gasteiger partial charge < -0.3 is 5.11 Å². The molecule has 0 amide bonds. The summed E-state index contributed by atoms with van der Waals surface area (Å²) in [7, 11) is 0. The first-order valence-corrected chi connectivity index (χ1v) is 9.22. The second kappa shape index (κ2) is 5.83. The minimum atomic E-state index is 0.257. The Labute approximate surface area is 143 Å². The van der Waals surface area contributed by atoms with Crippen molar-refractivity contribution in [3.8, 4) is 5.75 Å². The number of hydrogen-bond donors (Lipinski definition) is 1. The van der Waals surface area contributed by atoms with Gasteiger partial charge in [0.1, 0.15) is 5.75 Å². The summed E-state index contributed by atoms with van der Waals surface area (Å²) >= 11 is 1.78. The highest BCUT2D eigenvalue weighted by Gasteiger charge is 2.27. The second-order valence-corrected chi connectivity index (χ2v) is 9.17. The van der Waals surface area contributed by atoms with E-state index in [1.165, 1.54) is 27.5 Å². The first-order valence-electron chi connectivity index (χ1n) is 8.41. The molecule has 0 saturated heterocycles. The number of fused-ring (bicyclic) bond motifs is 3. The molecule has 0 radical (unpaired) electrons. The lowest BCUT2D eigenvalue weighted by Gasteiger charge is -2.32. The standard InChI is InChI=1S/C21H26OS/c1-13(2)10-18(21(3,4)5)14-6-8-16-17-9-7-15(22)12-20(17)23-19(16)11-14/h6-9,11-13,18,22H,10H2,1-5H3. The average Bonchev–Trinajstić information content (AvgIpc) is 2.79. The number of benzene rings is 2. The van der Waals surface area contributed by atoms with Crippen LogP contribution in [0.2, 0.25) is 0 Å². The van der Waals surface area contributed by atoms with Gasteiger partial charge in [-0.3, -0.25) is 0 Å². The summed E-state index contributed by atoms with van der Waals surface area (Å²) in [5.74, 6) is 1.59. The number of phenols is 1. The fourth-order valence-electron chi connectivity index (χ4n) is 3.46. The van der Waals surface area contributed by atoms with Crippen LogP contribution in [0.25, 0.3) is 20.2 Å². The van der Waals surface area contributed by atoms with Crippen molar-refractivity contribution in [3.63, 3.8) is 0 Å². The van der Waals surface area contributed by atoms with Crippen molar-refractivity contribution in [1.82, 2.24) is 0 Å². The highest BCUT2D eigenvalue weighted by molar-refractivity contribution is 7.25. The highest BCUT2D eigenvalue weighted by atomic mass is 32.1. The lowest BCUT2D eigenvalue weighted by Crippen LogP contribution is -2.20. The summed E-state index contributed by atoms with van der Waals surface area (Å²) < 4.78 is 2.48. The Hall–Kier alpha value is -1.54. The van der Waals surface area contributed by atoms with Crippen LogP contribution in [0.5, 0.6) is 5.75 Å². The molecular formula is C21H26OS. The summed E-state index contributed by atoms with van der Waals surface area (Å²) in [6.07, 6.45) is 1.21. The molecule has 23 heavy (non-hydrogen) atoms. The van der Waals surface area contributed by atoms with E-state index in [1.54, 1.807) is 17.4 Å². The second-order valence-electron chi connectivity index (χ2n) is 8.09. The number of phenolic OH excluding ortho intramolecular Hbond substituents is 1. The summed E-state index contributed by atoms with van der Waals surface area (Å²) in [5.41, 5.74) is 1.70. The van der Waals surface area contributed by atoms with E-state index in [2.05, 4.69) is 52.8 Å². The maximum absolute atomic E-state index is 9.71. The zero-order chi connectivity index (χ0) is 16.8. The monoisotopic (exact) mass is 326 g/mol. The van der Waals surface area contributed by atoms with Gasteiger partial charge in [-0.1, -0.05) is 46.8 Å². The summed E-state index contributed by atoms with van der Waals surface area (Å²) in [5, 5.41) is 12.2. The van der Waals surface area contributed by atoms with Crippen molar-refractivity contribution >= 4 is 31.5 Å². The van der Waals surface area contributed by atoms with Crippen LogP contribution in [0.15, 0.2) is 36.4 Å². The zero-order valence-electron chi connectivity index (χ0n) is 14.7. The van der Waals surface area contributed by atoms with Gasteiger partial charge in [-0.15, -0.1) is 11.3 Å². The summed E-state index contributed by atoms with van der Waals surface area (Å²) in [4.78, 5) is 0. The van der Waals surface area contributed by atoms with E-state index >= 15 is 0 Å². The largest absolute Gasteiger partial charge is 0.508 e. The molecule has 0 spiro atoms. The Kier molecular flexibility index (Phi) is 4.14. The quantitative estimate of drug-likeness (QED) is 0.553. The van der Waals surface area contributed by atoms with Crippen LogP contribution >= 0.6 is 11.3 Å². The molecule has 2 heteroatoms. The lowest BCUT2D eigenvalue weighted by atomic mass is 9.72. The predicted octanol–water partition coefficient (Wildman–Crippen LogP) is 6.94. The van der Waals surface area contributed by atoms with E-state index in [0.29, 0.717) is 17.6 Å². The molecule has 2 aromatic carbocycles. The van der Waals surface area contributed by atoms with Gasteiger partial charge in [-0.2, -0.15) is 0 Å². The van der Waals surface area contributed by atoms with Crippen molar-refractivity contribution in [1.29, 1.82) is 0 Å². The molecule has 3 rings (SSSR count). The van der Waals surface area contributed by atoms with E-state index in [0.717, 1.165) is 4.70 Å². The predicted molar refractivity (Wildman–Crippen MR) is 103 cm³/mol. The fraction of sp³-hybridized carbons (Fsp3) is 0.429. The van der Waals surface area contributed by atoms with Gasteiger partial charge in [-0.05, 0) is 53.5 Å². The zero-order valence-corrected chi connectivity index (χ0v) is 15.5. The lowest BCUT2D eigenvalue weighted by molar-refractivity contribution is 0.280. The number of hydrogen-bond acceptors (Lipinski definition) is 2. The highest BCUT2D eigenvalue weighted by Crippen LogP contribution is 2.43. The fourth-order valence-corrected chi connectivity index (χ4v) is 4.65. The van der Waals surface area contributed by atoms with E-state index in [9.17, 15) is 5.11 Å².